The molecule has 0 amide bonds. The Labute approximate surface area is 164 Å². The van der Waals surface area contributed by atoms with Crippen LogP contribution >= 0.6 is 0 Å². The Kier molecular flexibility index (Phi) is 4.65. The van der Waals surface area contributed by atoms with Crippen LogP contribution < -0.4 is 0 Å². The molecule has 5 nitrogen and oxygen atoms in total. The zero-order valence-electron chi connectivity index (χ0n) is 15.6. The highest BCUT2D eigenvalue weighted by molar-refractivity contribution is 6.03. The normalized spacial score (nSPS) is 21.4. The van der Waals surface area contributed by atoms with E-state index in [4.69, 9.17) is 4.99 Å². The van der Waals surface area contributed by atoms with Gasteiger partial charge in [0.15, 0.2) is 5.54 Å². The predicted molar refractivity (Wildman–Crippen MR) is 108 cm³/mol. The molecule has 2 atom stereocenters. The van der Waals surface area contributed by atoms with Crippen molar-refractivity contribution in [2.75, 3.05) is 0 Å². The number of benzene rings is 2. The largest absolute Gasteiger partial charge is 0.479 e. The van der Waals surface area contributed by atoms with Gasteiger partial charge in [0.25, 0.3) is 0 Å². The second-order valence-electron chi connectivity index (χ2n) is 7.05. The number of nitrogens with zero attached hydrogens (tertiary/aromatic N) is 3. The second kappa shape index (κ2) is 7.27. The summed E-state index contributed by atoms with van der Waals surface area (Å²) in [5.74, 6) is -0.255. The van der Waals surface area contributed by atoms with Gasteiger partial charge in [-0.05, 0) is 30.2 Å². The molecule has 5 heteroatoms. The van der Waals surface area contributed by atoms with Crippen molar-refractivity contribution >= 4 is 11.8 Å². The lowest BCUT2D eigenvalue weighted by Crippen LogP contribution is -2.43. The maximum atomic E-state index is 12.3. The molecule has 2 aromatic carbocycles. The van der Waals surface area contributed by atoms with Crippen LogP contribution in [0.3, 0.4) is 0 Å². The van der Waals surface area contributed by atoms with Crippen LogP contribution in [-0.2, 0) is 11.3 Å². The molecule has 3 aromatic rings. The molecule has 1 N–H and O–H groups in total. The van der Waals surface area contributed by atoms with Gasteiger partial charge in [0, 0.05) is 24.5 Å². The lowest BCUT2D eigenvalue weighted by Gasteiger charge is -2.34. The van der Waals surface area contributed by atoms with Crippen molar-refractivity contribution in [3.8, 4) is 0 Å². The standard InChI is InChI=1S/C23H21N3O2/c1-23(22(27)28)20(18-12-14-24-15-13-18)26(16-17-8-4-2-5-9-17)21(25-23)19-10-6-3-7-11-19/h2-15,20H,16H2,1H3,(H,27,28)/t20-,23-/m1/s1. The first-order chi connectivity index (χ1) is 13.6. The highest BCUT2D eigenvalue weighted by atomic mass is 16.4. The molecule has 140 valence electrons. The van der Waals surface area contributed by atoms with Crippen LogP contribution in [0, 0.1) is 0 Å². The summed E-state index contributed by atoms with van der Waals surface area (Å²) in [6, 6.07) is 23.1. The highest BCUT2D eigenvalue weighted by Crippen LogP contribution is 2.42. The Bertz CT molecular complexity index is 990. The third kappa shape index (κ3) is 3.16. The number of hydrogen-bond donors (Lipinski definition) is 1. The van der Waals surface area contributed by atoms with Gasteiger partial charge < -0.3 is 10.0 Å². The Morgan fingerprint density at radius 2 is 1.61 bits per heavy atom. The number of carboxylic acid groups (broad SMARTS) is 1. The summed E-state index contributed by atoms with van der Waals surface area (Å²) in [5.41, 5.74) is 1.58. The van der Waals surface area contributed by atoms with Crippen LogP contribution in [-0.4, -0.2) is 32.3 Å². The van der Waals surface area contributed by atoms with E-state index in [2.05, 4.69) is 9.88 Å². The quantitative estimate of drug-likeness (QED) is 0.738. The van der Waals surface area contributed by atoms with E-state index in [1.165, 1.54) is 0 Å². The maximum Gasteiger partial charge on any atom is 0.333 e. The first kappa shape index (κ1) is 17.9. The number of carbonyl (C=O) groups is 1. The van der Waals surface area contributed by atoms with Crippen molar-refractivity contribution in [1.82, 2.24) is 9.88 Å². The van der Waals surface area contributed by atoms with Gasteiger partial charge >= 0.3 is 5.97 Å². The molecule has 0 saturated heterocycles. The summed E-state index contributed by atoms with van der Waals surface area (Å²) in [6.45, 7) is 2.25. The van der Waals surface area contributed by atoms with Crippen LogP contribution in [0.15, 0.2) is 90.2 Å². The van der Waals surface area contributed by atoms with Gasteiger partial charge in [0.1, 0.15) is 5.84 Å². The highest BCUT2D eigenvalue weighted by Gasteiger charge is 2.51. The van der Waals surface area contributed by atoms with Crippen LogP contribution in [0.2, 0.25) is 0 Å². The van der Waals surface area contributed by atoms with Crippen LogP contribution in [0.1, 0.15) is 29.7 Å². The smallest absolute Gasteiger partial charge is 0.333 e. The van der Waals surface area contributed by atoms with E-state index in [0.717, 1.165) is 16.7 Å². The van der Waals surface area contributed by atoms with Crippen molar-refractivity contribution in [3.63, 3.8) is 0 Å². The fraction of sp³-hybridized carbons (Fsp3) is 0.174. The van der Waals surface area contributed by atoms with E-state index in [0.29, 0.717) is 12.4 Å². The third-order valence-electron chi connectivity index (χ3n) is 5.14. The minimum absolute atomic E-state index is 0.441. The molecule has 1 aliphatic rings. The lowest BCUT2D eigenvalue weighted by molar-refractivity contribution is -0.144. The van der Waals surface area contributed by atoms with Crippen LogP contribution in [0.4, 0.5) is 0 Å². The minimum Gasteiger partial charge on any atom is -0.479 e. The van der Waals surface area contributed by atoms with E-state index in [9.17, 15) is 9.90 Å². The van der Waals surface area contributed by atoms with E-state index < -0.39 is 17.6 Å². The van der Waals surface area contributed by atoms with Crippen molar-refractivity contribution in [3.05, 3.63) is 102 Å². The summed E-state index contributed by atoms with van der Waals surface area (Å²) < 4.78 is 0. The lowest BCUT2D eigenvalue weighted by atomic mass is 9.87. The van der Waals surface area contributed by atoms with Gasteiger partial charge in [0.05, 0.1) is 6.04 Å². The molecule has 0 radical (unpaired) electrons. The number of aliphatic carboxylic acids is 1. The van der Waals surface area contributed by atoms with E-state index in [1.807, 2.05) is 72.8 Å². The summed E-state index contributed by atoms with van der Waals surface area (Å²) in [7, 11) is 0. The second-order valence-corrected chi connectivity index (χ2v) is 7.05. The van der Waals surface area contributed by atoms with Gasteiger partial charge in [-0.15, -0.1) is 0 Å². The van der Waals surface area contributed by atoms with Gasteiger partial charge in [-0.3, -0.25) is 4.98 Å². The monoisotopic (exact) mass is 371 g/mol. The molecule has 0 saturated carbocycles. The average molecular weight is 371 g/mol. The van der Waals surface area contributed by atoms with Gasteiger partial charge in [-0.25, -0.2) is 9.79 Å². The molecular formula is C23H21N3O2. The zero-order chi connectivity index (χ0) is 19.6. The molecule has 2 heterocycles. The third-order valence-corrected chi connectivity index (χ3v) is 5.14. The molecule has 0 bridgehead atoms. The van der Waals surface area contributed by atoms with Crippen molar-refractivity contribution in [1.29, 1.82) is 0 Å². The Balaban J connectivity index is 1.87. The molecule has 0 fully saturated rings. The van der Waals surface area contributed by atoms with Crippen LogP contribution in [0.25, 0.3) is 0 Å². The average Bonchev–Trinajstić information content (AvgIpc) is 3.03. The zero-order valence-corrected chi connectivity index (χ0v) is 15.6. The Hall–Kier alpha value is -3.47. The number of hydrogen-bond acceptors (Lipinski definition) is 4. The minimum atomic E-state index is -1.30. The molecule has 0 spiro atoms. The summed E-state index contributed by atoms with van der Waals surface area (Å²) >= 11 is 0. The maximum absolute atomic E-state index is 12.3. The predicted octanol–water partition coefficient (Wildman–Crippen LogP) is 3.93. The van der Waals surface area contributed by atoms with E-state index >= 15 is 0 Å². The number of aromatic nitrogens is 1. The van der Waals surface area contributed by atoms with Gasteiger partial charge in [-0.2, -0.15) is 0 Å². The molecular weight excluding hydrogens is 350 g/mol. The van der Waals surface area contributed by atoms with Gasteiger partial charge in [-0.1, -0.05) is 60.7 Å². The molecule has 28 heavy (non-hydrogen) atoms. The summed E-state index contributed by atoms with van der Waals surface area (Å²) in [6.07, 6.45) is 3.39. The Morgan fingerprint density at radius 1 is 1.00 bits per heavy atom. The summed E-state index contributed by atoms with van der Waals surface area (Å²) in [4.78, 5) is 23.3. The van der Waals surface area contributed by atoms with E-state index in [1.54, 1.807) is 19.3 Å². The number of carboxylic acids is 1. The number of pyridine rings is 1. The van der Waals surface area contributed by atoms with Crippen molar-refractivity contribution < 1.29 is 9.90 Å². The molecule has 0 aliphatic carbocycles. The number of aliphatic imine (C=N–C) groups is 1. The fourth-order valence-corrected chi connectivity index (χ4v) is 3.75. The van der Waals surface area contributed by atoms with Crippen LogP contribution in [0.5, 0.6) is 0 Å². The Morgan fingerprint density at radius 3 is 2.21 bits per heavy atom. The van der Waals surface area contributed by atoms with Crippen molar-refractivity contribution in [2.45, 2.75) is 25.0 Å². The molecule has 1 aromatic heterocycles. The SMILES string of the molecule is C[C@@]1(C(=O)O)N=C(c2ccccc2)N(Cc2ccccc2)[C@@H]1c1ccncc1. The number of amidine groups is 1. The summed E-state index contributed by atoms with van der Waals surface area (Å²) in [5, 5.41) is 10.1. The fourth-order valence-electron chi connectivity index (χ4n) is 3.75. The van der Waals surface area contributed by atoms with E-state index in [-0.39, 0.29) is 0 Å². The topological polar surface area (TPSA) is 65.8 Å². The molecule has 1 aliphatic heterocycles. The molecule has 0 unspecified atom stereocenters. The van der Waals surface area contributed by atoms with Gasteiger partial charge in [0.2, 0.25) is 0 Å². The first-order valence-corrected chi connectivity index (χ1v) is 9.19. The van der Waals surface area contributed by atoms with Crippen molar-refractivity contribution in [2.24, 2.45) is 4.99 Å². The first-order valence-electron chi connectivity index (χ1n) is 9.19. The number of rotatable bonds is 5. The molecule has 4 rings (SSSR count).